The van der Waals surface area contributed by atoms with Crippen LogP contribution in [0.1, 0.15) is 47.2 Å². The van der Waals surface area contributed by atoms with Crippen molar-refractivity contribution in [3.63, 3.8) is 0 Å². The minimum Gasteiger partial charge on any atom is -0.496 e. The van der Waals surface area contributed by atoms with Crippen LogP contribution in [0.15, 0.2) is 48.7 Å². The molecule has 210 valence electrons. The standard InChI is InChI=1S/C30H28Cl2N6O3/c1-15(2)37-26-25(35-27(37)19-14-33-24(36(4)5)13-23(19)41-6)28(39)38(22-12-18(32)8-7-16(22)3)30(26)20-10-9-17(31)11-21(20)34-29(30)40/h7-15H,1-6H3,(H,34,40)/t30-/m0/s1. The number of methoxy groups -OCH3 is 1. The van der Waals surface area contributed by atoms with Crippen LogP contribution >= 0.6 is 23.2 Å². The Morgan fingerprint density at radius 2 is 1.76 bits per heavy atom. The number of carbonyl (C=O) groups is 2. The van der Waals surface area contributed by atoms with E-state index >= 15 is 0 Å². The molecule has 0 saturated heterocycles. The van der Waals surface area contributed by atoms with E-state index in [1.165, 1.54) is 4.90 Å². The van der Waals surface area contributed by atoms with Crippen LogP contribution in [-0.4, -0.2) is 47.6 Å². The summed E-state index contributed by atoms with van der Waals surface area (Å²) < 4.78 is 7.69. The van der Waals surface area contributed by atoms with E-state index in [-0.39, 0.29) is 17.6 Å². The zero-order valence-corrected chi connectivity index (χ0v) is 24.9. The molecule has 2 amide bonds. The molecule has 2 aliphatic rings. The number of pyridine rings is 1. The second-order valence-electron chi connectivity index (χ2n) is 10.7. The number of hydrogen-bond donors (Lipinski definition) is 1. The quantitative estimate of drug-likeness (QED) is 0.303. The lowest BCUT2D eigenvalue weighted by molar-refractivity contribution is -0.119. The van der Waals surface area contributed by atoms with E-state index in [9.17, 15) is 9.59 Å². The molecule has 9 nitrogen and oxygen atoms in total. The lowest BCUT2D eigenvalue weighted by atomic mass is 9.86. The zero-order valence-electron chi connectivity index (χ0n) is 23.4. The zero-order chi connectivity index (χ0) is 29.4. The van der Waals surface area contributed by atoms with Gasteiger partial charge in [0.1, 0.15) is 17.4 Å². The summed E-state index contributed by atoms with van der Waals surface area (Å²) in [5.41, 5.74) is 2.09. The second kappa shape index (κ2) is 9.49. The molecule has 0 fully saturated rings. The van der Waals surface area contributed by atoms with Gasteiger partial charge >= 0.3 is 0 Å². The van der Waals surface area contributed by atoms with Crippen LogP contribution in [-0.2, 0) is 10.3 Å². The molecule has 0 saturated carbocycles. The number of aromatic nitrogens is 3. The van der Waals surface area contributed by atoms with Crippen LogP contribution in [0.5, 0.6) is 5.75 Å². The molecule has 0 bridgehead atoms. The summed E-state index contributed by atoms with van der Waals surface area (Å²) in [5.74, 6) is 0.923. The second-order valence-corrected chi connectivity index (χ2v) is 11.5. The van der Waals surface area contributed by atoms with Crippen LogP contribution in [0, 0.1) is 6.92 Å². The van der Waals surface area contributed by atoms with Gasteiger partial charge in [-0.2, -0.15) is 0 Å². The van der Waals surface area contributed by atoms with E-state index in [2.05, 4.69) is 10.3 Å². The summed E-state index contributed by atoms with van der Waals surface area (Å²) in [4.78, 5) is 41.8. The van der Waals surface area contributed by atoms with Gasteiger partial charge in [-0.05, 0) is 50.6 Å². The highest BCUT2D eigenvalue weighted by molar-refractivity contribution is 6.32. The summed E-state index contributed by atoms with van der Waals surface area (Å²) >= 11 is 12.8. The van der Waals surface area contributed by atoms with Crippen LogP contribution in [0.3, 0.4) is 0 Å². The van der Waals surface area contributed by atoms with Gasteiger partial charge in [-0.1, -0.05) is 35.3 Å². The smallest absolute Gasteiger partial charge is 0.280 e. The molecule has 2 aromatic heterocycles. The lowest BCUT2D eigenvalue weighted by Crippen LogP contribution is -2.51. The van der Waals surface area contributed by atoms with Crippen LogP contribution in [0.2, 0.25) is 10.0 Å². The largest absolute Gasteiger partial charge is 0.496 e. The third-order valence-corrected chi connectivity index (χ3v) is 8.11. The number of nitrogens with one attached hydrogen (secondary N) is 1. The highest BCUT2D eigenvalue weighted by Crippen LogP contribution is 2.55. The first-order valence-electron chi connectivity index (χ1n) is 13.1. The Hall–Kier alpha value is -4.08. The van der Waals surface area contributed by atoms with Crippen molar-refractivity contribution < 1.29 is 14.3 Å². The maximum absolute atomic E-state index is 14.5. The first kappa shape index (κ1) is 27.1. The van der Waals surface area contributed by atoms with Gasteiger partial charge in [-0.3, -0.25) is 14.5 Å². The SMILES string of the molecule is COc1cc(N(C)C)ncc1-c1nc2c(n1C(C)C)[C@@]1(C(=O)Nc3cc(Cl)ccc31)N(c1cc(Cl)ccc1C)C2=O. The number of hydrogen-bond acceptors (Lipinski definition) is 6. The predicted octanol–water partition coefficient (Wildman–Crippen LogP) is 6.07. The molecule has 4 heterocycles. The topological polar surface area (TPSA) is 92.6 Å². The number of anilines is 3. The van der Waals surface area contributed by atoms with E-state index in [0.29, 0.717) is 55.6 Å². The number of amides is 2. The highest BCUT2D eigenvalue weighted by Gasteiger charge is 2.64. The van der Waals surface area contributed by atoms with Crippen LogP contribution in [0.4, 0.5) is 17.2 Å². The van der Waals surface area contributed by atoms with Crippen molar-refractivity contribution in [3.8, 4) is 17.1 Å². The minimum atomic E-state index is -1.57. The van der Waals surface area contributed by atoms with Crippen molar-refractivity contribution in [2.75, 3.05) is 36.3 Å². The van der Waals surface area contributed by atoms with Crippen molar-refractivity contribution >= 4 is 52.2 Å². The molecule has 1 atom stereocenters. The van der Waals surface area contributed by atoms with Crippen molar-refractivity contribution in [1.82, 2.24) is 14.5 Å². The fourth-order valence-electron chi connectivity index (χ4n) is 5.83. The molecule has 0 aliphatic carbocycles. The fourth-order valence-corrected chi connectivity index (χ4v) is 6.17. The Balaban J connectivity index is 1.72. The molecule has 1 N–H and O–H groups in total. The maximum Gasteiger partial charge on any atom is 0.280 e. The number of imidazole rings is 1. The average Bonchev–Trinajstić information content (AvgIpc) is 3.53. The summed E-state index contributed by atoms with van der Waals surface area (Å²) in [6, 6.07) is 12.1. The van der Waals surface area contributed by atoms with Gasteiger partial charge in [0.25, 0.3) is 11.8 Å². The van der Waals surface area contributed by atoms with Crippen LogP contribution < -0.4 is 19.9 Å². The first-order valence-corrected chi connectivity index (χ1v) is 13.8. The molecule has 4 aromatic rings. The Labute approximate surface area is 247 Å². The number of benzene rings is 2. The van der Waals surface area contributed by atoms with E-state index in [0.717, 1.165) is 5.56 Å². The molecular weight excluding hydrogens is 563 g/mol. The first-order chi connectivity index (χ1) is 19.5. The molecule has 2 aromatic carbocycles. The van der Waals surface area contributed by atoms with Gasteiger partial charge in [0.2, 0.25) is 0 Å². The third kappa shape index (κ3) is 3.75. The van der Waals surface area contributed by atoms with Crippen molar-refractivity contribution in [2.45, 2.75) is 32.4 Å². The van der Waals surface area contributed by atoms with E-state index in [1.807, 2.05) is 56.5 Å². The number of rotatable bonds is 5. The molecule has 6 rings (SSSR count). The van der Waals surface area contributed by atoms with Gasteiger partial charge < -0.3 is 19.5 Å². The van der Waals surface area contributed by atoms with Crippen molar-refractivity contribution in [2.24, 2.45) is 0 Å². The van der Waals surface area contributed by atoms with Crippen LogP contribution in [0.25, 0.3) is 11.4 Å². The van der Waals surface area contributed by atoms with Gasteiger partial charge in [0, 0.05) is 53.7 Å². The van der Waals surface area contributed by atoms with Gasteiger partial charge in [0.05, 0.1) is 24.1 Å². The molecule has 2 aliphatic heterocycles. The third-order valence-electron chi connectivity index (χ3n) is 7.64. The lowest BCUT2D eigenvalue weighted by Gasteiger charge is -2.36. The maximum atomic E-state index is 14.5. The van der Waals surface area contributed by atoms with Gasteiger partial charge in [-0.15, -0.1) is 0 Å². The summed E-state index contributed by atoms with van der Waals surface area (Å²) in [6.45, 7) is 5.85. The number of aryl methyl sites for hydroxylation is 1. The Morgan fingerprint density at radius 3 is 2.44 bits per heavy atom. The van der Waals surface area contributed by atoms with Gasteiger partial charge in [-0.25, -0.2) is 9.97 Å². The highest BCUT2D eigenvalue weighted by atomic mass is 35.5. The molecule has 0 unspecified atom stereocenters. The van der Waals surface area contributed by atoms with E-state index in [4.69, 9.17) is 32.9 Å². The Kier molecular flexibility index (Phi) is 6.28. The number of nitrogens with zero attached hydrogens (tertiary/aromatic N) is 5. The molecule has 11 heteroatoms. The van der Waals surface area contributed by atoms with Gasteiger partial charge in [0.15, 0.2) is 11.2 Å². The Bertz CT molecular complexity index is 1770. The number of carbonyl (C=O) groups excluding carboxylic acids is 2. The minimum absolute atomic E-state index is 0.171. The summed E-state index contributed by atoms with van der Waals surface area (Å²) in [7, 11) is 5.36. The average molecular weight is 591 g/mol. The molecule has 41 heavy (non-hydrogen) atoms. The summed E-state index contributed by atoms with van der Waals surface area (Å²) in [6.07, 6.45) is 1.68. The number of ether oxygens (including phenoxy) is 1. The number of halogens is 2. The fraction of sp³-hybridized carbons (Fsp3) is 0.267. The van der Waals surface area contributed by atoms with Crippen molar-refractivity contribution in [1.29, 1.82) is 0 Å². The monoisotopic (exact) mass is 590 g/mol. The Morgan fingerprint density at radius 1 is 1.05 bits per heavy atom. The van der Waals surface area contributed by atoms with Crippen molar-refractivity contribution in [3.05, 3.63) is 81.2 Å². The molecular formula is C30H28Cl2N6O3. The van der Waals surface area contributed by atoms with E-state index in [1.54, 1.807) is 43.6 Å². The number of fused-ring (bicyclic) bond motifs is 4. The summed E-state index contributed by atoms with van der Waals surface area (Å²) in [5, 5.41) is 3.90. The molecule has 1 spiro atoms. The normalized spacial score (nSPS) is 17.3. The molecule has 0 radical (unpaired) electrons. The van der Waals surface area contributed by atoms with E-state index < -0.39 is 11.4 Å². The predicted molar refractivity (Wildman–Crippen MR) is 161 cm³/mol.